The summed E-state index contributed by atoms with van der Waals surface area (Å²) in [5.41, 5.74) is 3.09. The van der Waals surface area contributed by atoms with Crippen LogP contribution in [0.3, 0.4) is 0 Å². The largest absolute Gasteiger partial charge is 0.494 e. The zero-order valence-corrected chi connectivity index (χ0v) is 20.5. The fourth-order valence-electron chi connectivity index (χ4n) is 6.75. The van der Waals surface area contributed by atoms with Crippen molar-refractivity contribution in [2.45, 2.75) is 88.9 Å². The molecule has 196 valence electrons. The second-order valence-electron chi connectivity index (χ2n) is 10.8. The van der Waals surface area contributed by atoms with Crippen molar-refractivity contribution in [3.8, 4) is 5.88 Å². The molecule has 1 aromatic heterocycles. The number of nitrogens with one attached hydrogen (secondary N) is 2. The van der Waals surface area contributed by atoms with E-state index in [9.17, 15) is 24.3 Å². The van der Waals surface area contributed by atoms with Gasteiger partial charge in [0.2, 0.25) is 5.88 Å². The molecular formula is C24H34N6O6. The molecular weight excluding hydrogens is 468 g/mol. The molecule has 2 saturated carbocycles. The van der Waals surface area contributed by atoms with Crippen LogP contribution in [-0.4, -0.2) is 61.7 Å². The van der Waals surface area contributed by atoms with Crippen LogP contribution in [0, 0.1) is 10.8 Å². The van der Waals surface area contributed by atoms with E-state index in [-0.39, 0.29) is 48.2 Å². The summed E-state index contributed by atoms with van der Waals surface area (Å²) in [7, 11) is 0. The smallest absolute Gasteiger partial charge is 0.334 e. The lowest BCUT2D eigenvalue weighted by molar-refractivity contribution is -0.130. The maximum atomic E-state index is 13.2. The Labute approximate surface area is 207 Å². The van der Waals surface area contributed by atoms with Crippen LogP contribution in [0.4, 0.5) is 4.79 Å². The van der Waals surface area contributed by atoms with Gasteiger partial charge in [-0.05, 0) is 50.4 Å². The predicted molar refractivity (Wildman–Crippen MR) is 129 cm³/mol. The lowest BCUT2D eigenvalue weighted by atomic mass is 9.57. The number of amidine groups is 1. The molecule has 4 aliphatic rings. The average molecular weight is 503 g/mol. The van der Waals surface area contributed by atoms with E-state index in [1.54, 1.807) is 4.90 Å². The SMILES string of the molecule is CCCCn1c(O)c(C(=N)N)c(=O)n(C2CCC3(CC2)CC(N2C(=O)NC(=O)[C@]24CCOC4)C3)c1=O. The highest BCUT2D eigenvalue weighted by atomic mass is 16.5. The van der Waals surface area contributed by atoms with Crippen molar-refractivity contribution in [2.24, 2.45) is 11.1 Å². The summed E-state index contributed by atoms with van der Waals surface area (Å²) < 4.78 is 7.80. The van der Waals surface area contributed by atoms with E-state index in [0.29, 0.717) is 32.3 Å². The van der Waals surface area contributed by atoms with Gasteiger partial charge in [0.25, 0.3) is 11.5 Å². The zero-order valence-electron chi connectivity index (χ0n) is 20.5. The van der Waals surface area contributed by atoms with Crippen LogP contribution in [0.1, 0.15) is 76.3 Å². The van der Waals surface area contributed by atoms with Gasteiger partial charge in [0, 0.05) is 31.7 Å². The molecule has 3 amide bonds. The Morgan fingerprint density at radius 3 is 2.44 bits per heavy atom. The lowest BCUT2D eigenvalue weighted by Crippen LogP contribution is -2.61. The molecule has 2 aliphatic carbocycles. The molecule has 0 bridgehead atoms. The number of imide groups is 1. The van der Waals surface area contributed by atoms with Crippen LogP contribution in [-0.2, 0) is 16.1 Å². The highest BCUT2D eigenvalue weighted by molar-refractivity contribution is 6.07. The first kappa shape index (κ1) is 24.5. The molecule has 0 unspecified atom stereocenters. The Kier molecular flexibility index (Phi) is 5.97. The lowest BCUT2D eigenvalue weighted by Gasteiger charge is -2.55. The van der Waals surface area contributed by atoms with Gasteiger partial charge in [-0.2, -0.15) is 0 Å². The Hall–Kier alpha value is -3.15. The van der Waals surface area contributed by atoms with E-state index < -0.39 is 28.5 Å². The molecule has 12 heteroatoms. The van der Waals surface area contributed by atoms with Crippen LogP contribution in [0.5, 0.6) is 5.88 Å². The summed E-state index contributed by atoms with van der Waals surface area (Å²) in [5.74, 6) is -1.38. The van der Waals surface area contributed by atoms with Gasteiger partial charge in [-0.25, -0.2) is 9.59 Å². The molecule has 2 saturated heterocycles. The second kappa shape index (κ2) is 8.75. The van der Waals surface area contributed by atoms with Gasteiger partial charge in [-0.15, -0.1) is 0 Å². The Bertz CT molecular complexity index is 1210. The molecule has 5 rings (SSSR count). The minimum atomic E-state index is -0.896. The summed E-state index contributed by atoms with van der Waals surface area (Å²) in [6, 6.07) is -0.742. The molecule has 0 aromatic carbocycles. The van der Waals surface area contributed by atoms with Gasteiger partial charge in [0.1, 0.15) is 16.9 Å². The Balaban J connectivity index is 1.34. The van der Waals surface area contributed by atoms with E-state index in [0.717, 1.165) is 36.7 Å². The van der Waals surface area contributed by atoms with Crippen molar-refractivity contribution in [1.82, 2.24) is 19.4 Å². The number of hydrogen-bond acceptors (Lipinski definition) is 7. The highest BCUT2D eigenvalue weighted by Crippen LogP contribution is 2.56. The number of aromatic hydroxyl groups is 1. The van der Waals surface area contributed by atoms with Crippen molar-refractivity contribution >= 4 is 17.8 Å². The number of nitrogens with zero attached hydrogens (tertiary/aromatic N) is 3. The minimum Gasteiger partial charge on any atom is -0.494 e. The van der Waals surface area contributed by atoms with Gasteiger partial charge in [0.15, 0.2) is 0 Å². The van der Waals surface area contributed by atoms with Gasteiger partial charge in [-0.3, -0.25) is 29.4 Å². The molecule has 0 radical (unpaired) electrons. The van der Waals surface area contributed by atoms with E-state index >= 15 is 0 Å². The van der Waals surface area contributed by atoms with Crippen LogP contribution in [0.15, 0.2) is 9.59 Å². The predicted octanol–water partition coefficient (Wildman–Crippen LogP) is 0.775. The van der Waals surface area contributed by atoms with E-state index in [1.165, 1.54) is 4.57 Å². The third-order valence-corrected chi connectivity index (χ3v) is 8.76. The maximum absolute atomic E-state index is 13.2. The molecule has 4 fully saturated rings. The number of hydrogen-bond donors (Lipinski definition) is 4. The molecule has 1 atom stereocenters. The highest BCUT2D eigenvalue weighted by Gasteiger charge is 2.61. The van der Waals surface area contributed by atoms with Gasteiger partial charge < -0.3 is 20.5 Å². The fraction of sp³-hybridized carbons (Fsp3) is 0.708. The maximum Gasteiger partial charge on any atom is 0.334 e. The third kappa shape index (κ3) is 3.56. The van der Waals surface area contributed by atoms with Crippen LogP contribution >= 0.6 is 0 Å². The van der Waals surface area contributed by atoms with Gasteiger partial charge >= 0.3 is 11.7 Å². The fourth-order valence-corrected chi connectivity index (χ4v) is 6.75. The van der Waals surface area contributed by atoms with Gasteiger partial charge in [-0.1, -0.05) is 13.3 Å². The first-order valence-corrected chi connectivity index (χ1v) is 12.8. The number of urea groups is 1. The molecule has 2 aliphatic heterocycles. The van der Waals surface area contributed by atoms with Crippen molar-refractivity contribution in [2.75, 3.05) is 13.2 Å². The first-order chi connectivity index (χ1) is 17.1. The summed E-state index contributed by atoms with van der Waals surface area (Å²) in [6.07, 6.45) is 6.21. The van der Waals surface area contributed by atoms with Crippen molar-refractivity contribution < 1.29 is 19.4 Å². The molecule has 5 N–H and O–H groups in total. The normalized spacial score (nSPS) is 31.8. The number of carbonyl (C=O) groups is 2. The molecule has 12 nitrogen and oxygen atoms in total. The number of rotatable bonds is 6. The van der Waals surface area contributed by atoms with E-state index in [1.807, 2.05) is 6.92 Å². The van der Waals surface area contributed by atoms with Crippen LogP contribution in [0.25, 0.3) is 0 Å². The first-order valence-electron chi connectivity index (χ1n) is 12.8. The third-order valence-electron chi connectivity index (χ3n) is 8.76. The number of ether oxygens (including phenoxy) is 1. The number of carbonyl (C=O) groups excluding carboxylic acids is 2. The number of amides is 3. The van der Waals surface area contributed by atoms with Crippen LogP contribution < -0.4 is 22.3 Å². The zero-order chi connectivity index (χ0) is 25.8. The standard InChI is InChI=1S/C24H34N6O6/c1-2-3-9-28-18(31)16(17(25)26)19(32)29(22(28)35)14-4-6-23(7-5-14)11-15(12-23)30-21(34)27-20(33)24(30)8-10-36-13-24/h14-15,31H,2-13H2,1H3,(H3,25,26)(H,27,33,34)/t14?,15?,23?,24-/m1/s1. The number of nitrogens with two attached hydrogens (primary N) is 1. The second-order valence-corrected chi connectivity index (χ2v) is 10.8. The summed E-state index contributed by atoms with van der Waals surface area (Å²) in [5, 5.41) is 20.8. The molecule has 3 heterocycles. The summed E-state index contributed by atoms with van der Waals surface area (Å²) >= 11 is 0. The Morgan fingerprint density at radius 1 is 1.17 bits per heavy atom. The monoisotopic (exact) mass is 502 g/mol. The topological polar surface area (TPSA) is 173 Å². The quantitative estimate of drug-likeness (QED) is 0.253. The van der Waals surface area contributed by atoms with Gasteiger partial charge in [0.05, 0.1) is 6.61 Å². The molecule has 36 heavy (non-hydrogen) atoms. The number of aromatic nitrogens is 2. The summed E-state index contributed by atoms with van der Waals surface area (Å²) in [4.78, 5) is 53.2. The average Bonchev–Trinajstić information content (AvgIpc) is 3.38. The van der Waals surface area contributed by atoms with E-state index in [2.05, 4.69) is 5.32 Å². The van der Waals surface area contributed by atoms with Crippen molar-refractivity contribution in [3.05, 3.63) is 26.4 Å². The minimum absolute atomic E-state index is 0.00109. The van der Waals surface area contributed by atoms with Crippen LogP contribution in [0.2, 0.25) is 0 Å². The summed E-state index contributed by atoms with van der Waals surface area (Å²) in [6.45, 7) is 2.88. The number of unbranched alkanes of at least 4 members (excludes halogenated alkanes) is 1. The Morgan fingerprint density at radius 2 is 1.86 bits per heavy atom. The molecule has 1 aromatic rings. The van der Waals surface area contributed by atoms with Crippen molar-refractivity contribution in [3.63, 3.8) is 0 Å². The molecule has 2 spiro atoms. The number of nitrogen functional groups attached to an aromatic ring is 1. The van der Waals surface area contributed by atoms with E-state index in [4.69, 9.17) is 15.9 Å². The van der Waals surface area contributed by atoms with Crippen molar-refractivity contribution in [1.29, 1.82) is 5.41 Å².